The smallest absolute Gasteiger partial charge is 0.243 e. The van der Waals surface area contributed by atoms with E-state index >= 15 is 0 Å². The molecule has 10 heteroatoms. The Labute approximate surface area is 199 Å². The molecule has 2 rings (SSSR count). The Bertz CT molecular complexity index is 1010. The lowest BCUT2D eigenvalue weighted by Crippen LogP contribution is -2.46. The minimum atomic E-state index is -3.90. The van der Waals surface area contributed by atoms with Gasteiger partial charge in [0.25, 0.3) is 0 Å². The Morgan fingerprint density at radius 2 is 1.73 bits per heavy atom. The van der Waals surface area contributed by atoms with Crippen LogP contribution >= 0.6 is 11.6 Å². The van der Waals surface area contributed by atoms with Crippen LogP contribution < -0.4 is 0 Å². The van der Waals surface area contributed by atoms with E-state index in [9.17, 15) is 22.3 Å². The van der Waals surface area contributed by atoms with Gasteiger partial charge >= 0.3 is 0 Å². The van der Waals surface area contributed by atoms with E-state index in [-0.39, 0.29) is 36.1 Å². The van der Waals surface area contributed by atoms with Crippen LogP contribution in [-0.4, -0.2) is 68.7 Å². The Morgan fingerprint density at radius 3 is 2.30 bits per heavy atom. The predicted octanol–water partition coefficient (Wildman–Crippen LogP) is 3.77. The van der Waals surface area contributed by atoms with Crippen molar-refractivity contribution in [3.63, 3.8) is 0 Å². The SMILES string of the molecule is CO[C@@H](CN(C)Cc1cc(F)ccc1F)[C@@H](C)CN([C@H](C)CO)S(=O)(=O)c1ccc(Cl)cc1. The van der Waals surface area contributed by atoms with Crippen LogP contribution in [0.3, 0.4) is 0 Å². The molecule has 184 valence electrons. The second-order valence-corrected chi connectivity index (χ2v) is 10.6. The highest BCUT2D eigenvalue weighted by Crippen LogP contribution is 2.23. The molecule has 0 aliphatic heterocycles. The zero-order valence-corrected chi connectivity index (χ0v) is 20.8. The fourth-order valence-electron chi connectivity index (χ4n) is 3.56. The number of aliphatic hydroxyl groups is 1. The van der Waals surface area contributed by atoms with Crippen molar-refractivity contribution in [3.8, 4) is 0 Å². The van der Waals surface area contributed by atoms with Gasteiger partial charge in [-0.15, -0.1) is 0 Å². The van der Waals surface area contributed by atoms with E-state index in [4.69, 9.17) is 16.3 Å². The summed E-state index contributed by atoms with van der Waals surface area (Å²) in [6, 6.07) is 8.49. The second kappa shape index (κ2) is 12.2. The lowest BCUT2D eigenvalue weighted by atomic mass is 10.0. The summed E-state index contributed by atoms with van der Waals surface area (Å²) in [5.41, 5.74) is 0.223. The van der Waals surface area contributed by atoms with Gasteiger partial charge < -0.3 is 9.84 Å². The molecule has 3 atom stereocenters. The van der Waals surface area contributed by atoms with Crippen LogP contribution in [0.25, 0.3) is 0 Å². The van der Waals surface area contributed by atoms with Gasteiger partial charge in [-0.25, -0.2) is 17.2 Å². The van der Waals surface area contributed by atoms with Gasteiger partial charge in [0.1, 0.15) is 11.6 Å². The third-order valence-corrected chi connectivity index (χ3v) is 7.77. The van der Waals surface area contributed by atoms with Crippen LogP contribution in [0.1, 0.15) is 19.4 Å². The number of methoxy groups -OCH3 is 1. The fourth-order valence-corrected chi connectivity index (χ4v) is 5.41. The maximum absolute atomic E-state index is 14.0. The summed E-state index contributed by atoms with van der Waals surface area (Å²) in [7, 11) is -0.628. The van der Waals surface area contributed by atoms with Crippen molar-refractivity contribution in [2.45, 2.75) is 37.4 Å². The molecule has 0 fully saturated rings. The number of rotatable bonds is 12. The summed E-state index contributed by atoms with van der Waals surface area (Å²) >= 11 is 5.89. The van der Waals surface area contributed by atoms with Crippen LogP contribution in [0.5, 0.6) is 0 Å². The first-order valence-electron chi connectivity index (χ1n) is 10.5. The first kappa shape index (κ1) is 27.6. The van der Waals surface area contributed by atoms with Gasteiger partial charge in [0, 0.05) is 43.4 Å². The van der Waals surface area contributed by atoms with E-state index in [0.29, 0.717) is 11.6 Å². The summed E-state index contributed by atoms with van der Waals surface area (Å²) in [4.78, 5) is 1.86. The van der Waals surface area contributed by atoms with Crippen molar-refractivity contribution in [3.05, 3.63) is 64.7 Å². The Hall–Kier alpha value is -1.62. The minimum Gasteiger partial charge on any atom is -0.395 e. The van der Waals surface area contributed by atoms with Crippen molar-refractivity contribution >= 4 is 21.6 Å². The number of hydrogen-bond donors (Lipinski definition) is 1. The molecule has 2 aromatic rings. The number of benzene rings is 2. The zero-order valence-electron chi connectivity index (χ0n) is 19.2. The minimum absolute atomic E-state index is 0.0760. The molecular formula is C23H31ClF2N2O4S. The van der Waals surface area contributed by atoms with E-state index in [2.05, 4.69) is 0 Å². The molecule has 0 amide bonds. The summed E-state index contributed by atoms with van der Waals surface area (Å²) in [6.07, 6.45) is -0.402. The van der Waals surface area contributed by atoms with E-state index in [0.717, 1.165) is 18.2 Å². The van der Waals surface area contributed by atoms with Gasteiger partial charge in [-0.2, -0.15) is 4.31 Å². The standard InChI is InChI=1S/C23H31ClF2N2O4S/c1-16(23(32-4)14-27(3)13-18-11-20(25)7-10-22(18)26)12-28(17(2)15-29)33(30,31)21-8-5-19(24)6-9-21/h5-11,16-17,23,29H,12-15H2,1-4H3/t16-,17+,23-/m0/s1. The van der Waals surface area contributed by atoms with E-state index in [1.54, 1.807) is 18.9 Å². The Balaban J connectivity index is 2.16. The number of halogens is 3. The monoisotopic (exact) mass is 504 g/mol. The molecule has 6 nitrogen and oxygen atoms in total. The van der Waals surface area contributed by atoms with Crippen LogP contribution in [0.15, 0.2) is 47.4 Å². The molecule has 33 heavy (non-hydrogen) atoms. The molecule has 0 heterocycles. The van der Waals surface area contributed by atoms with Crippen LogP contribution in [0.4, 0.5) is 8.78 Å². The molecule has 0 bridgehead atoms. The first-order chi connectivity index (χ1) is 15.5. The van der Waals surface area contributed by atoms with Gasteiger partial charge in [-0.1, -0.05) is 18.5 Å². The molecule has 0 spiro atoms. The molecular weight excluding hydrogens is 474 g/mol. The van der Waals surface area contributed by atoms with Gasteiger partial charge in [0.15, 0.2) is 0 Å². The number of hydrogen-bond acceptors (Lipinski definition) is 5. The summed E-state index contributed by atoms with van der Waals surface area (Å²) in [5, 5.41) is 10.1. The van der Waals surface area contributed by atoms with Crippen molar-refractivity contribution < 1.29 is 27.0 Å². The summed E-state index contributed by atoms with van der Waals surface area (Å²) < 4.78 is 60.9. The lowest BCUT2D eigenvalue weighted by molar-refractivity contribution is 0.0219. The first-order valence-corrected chi connectivity index (χ1v) is 12.3. The highest BCUT2D eigenvalue weighted by atomic mass is 35.5. The number of ether oxygens (including phenoxy) is 1. The molecule has 0 saturated carbocycles. The maximum atomic E-state index is 14.0. The van der Waals surface area contributed by atoms with Crippen LogP contribution in [0, 0.1) is 17.6 Å². The average Bonchev–Trinajstić information content (AvgIpc) is 2.77. The molecule has 0 aliphatic carbocycles. The van der Waals surface area contributed by atoms with Gasteiger partial charge in [0.05, 0.1) is 17.6 Å². The highest BCUT2D eigenvalue weighted by molar-refractivity contribution is 7.89. The molecule has 0 unspecified atom stereocenters. The number of sulfonamides is 1. The average molecular weight is 505 g/mol. The van der Waals surface area contributed by atoms with Crippen molar-refractivity contribution in [1.82, 2.24) is 9.21 Å². The summed E-state index contributed by atoms with van der Waals surface area (Å²) in [5.74, 6) is -1.29. The van der Waals surface area contributed by atoms with Crippen molar-refractivity contribution in [1.29, 1.82) is 0 Å². The number of nitrogens with zero attached hydrogens (tertiary/aromatic N) is 2. The van der Waals surface area contributed by atoms with Crippen LogP contribution in [-0.2, 0) is 21.3 Å². The molecule has 1 N–H and O–H groups in total. The van der Waals surface area contributed by atoms with Crippen LogP contribution in [0.2, 0.25) is 5.02 Å². The molecule has 2 aromatic carbocycles. The van der Waals surface area contributed by atoms with E-state index in [1.165, 1.54) is 35.7 Å². The molecule has 0 saturated heterocycles. The molecule has 0 radical (unpaired) electrons. The normalized spacial score (nSPS) is 15.1. The Morgan fingerprint density at radius 1 is 1.09 bits per heavy atom. The Kier molecular flexibility index (Phi) is 10.2. The lowest BCUT2D eigenvalue weighted by Gasteiger charge is -2.33. The van der Waals surface area contributed by atoms with E-state index < -0.39 is 33.8 Å². The highest BCUT2D eigenvalue weighted by Gasteiger charge is 2.32. The molecule has 0 aliphatic rings. The van der Waals surface area contributed by atoms with E-state index in [1.807, 2.05) is 6.92 Å². The predicted molar refractivity (Wildman–Crippen MR) is 125 cm³/mol. The fraction of sp³-hybridized carbons (Fsp3) is 0.478. The number of aliphatic hydroxyl groups excluding tert-OH is 1. The van der Waals surface area contributed by atoms with Gasteiger partial charge in [0.2, 0.25) is 10.0 Å². The largest absolute Gasteiger partial charge is 0.395 e. The summed E-state index contributed by atoms with van der Waals surface area (Å²) in [6.45, 7) is 3.73. The van der Waals surface area contributed by atoms with Crippen molar-refractivity contribution in [2.75, 3.05) is 33.9 Å². The van der Waals surface area contributed by atoms with Gasteiger partial charge in [-0.3, -0.25) is 4.90 Å². The topological polar surface area (TPSA) is 70.1 Å². The maximum Gasteiger partial charge on any atom is 0.243 e. The number of likely N-dealkylation sites (N-methyl/N-ethyl adjacent to an activating group) is 1. The zero-order chi connectivity index (χ0) is 24.8. The molecule has 0 aromatic heterocycles. The van der Waals surface area contributed by atoms with Gasteiger partial charge in [-0.05, 0) is 62.4 Å². The third-order valence-electron chi connectivity index (χ3n) is 5.52. The second-order valence-electron chi connectivity index (χ2n) is 8.24. The van der Waals surface area contributed by atoms with Crippen molar-refractivity contribution in [2.24, 2.45) is 5.92 Å². The third kappa shape index (κ3) is 7.43. The quantitative estimate of drug-likeness (QED) is 0.476.